The lowest BCUT2D eigenvalue weighted by Crippen LogP contribution is -2.18. The van der Waals surface area contributed by atoms with Gasteiger partial charge in [0.05, 0.1) is 0 Å². The van der Waals surface area contributed by atoms with Crippen LogP contribution in [0.25, 0.3) is 0 Å². The lowest BCUT2D eigenvalue weighted by molar-refractivity contribution is 0.0963. The standard InChI is InChI=1S/C16H25NO/c1-5-7-9-15-12(3)10-14(16(18)17-4)11-13(15)8-6-2/h10-11H,5-9H2,1-4H3,(H,17,18). The van der Waals surface area contributed by atoms with Crippen LogP contribution in [-0.4, -0.2) is 13.0 Å². The van der Waals surface area contributed by atoms with E-state index in [0.29, 0.717) is 0 Å². The average Bonchev–Trinajstić information content (AvgIpc) is 2.37. The summed E-state index contributed by atoms with van der Waals surface area (Å²) in [6.07, 6.45) is 5.74. The maximum absolute atomic E-state index is 11.7. The van der Waals surface area contributed by atoms with Crippen LogP contribution in [0.4, 0.5) is 0 Å². The lowest BCUT2D eigenvalue weighted by Gasteiger charge is -2.14. The summed E-state index contributed by atoms with van der Waals surface area (Å²) in [7, 11) is 1.68. The Hall–Kier alpha value is -1.31. The minimum atomic E-state index is 0.0116. The number of unbranched alkanes of at least 4 members (excludes halogenated alkanes) is 1. The van der Waals surface area contributed by atoms with E-state index in [9.17, 15) is 4.79 Å². The minimum Gasteiger partial charge on any atom is -0.355 e. The fraction of sp³-hybridized carbons (Fsp3) is 0.562. The monoisotopic (exact) mass is 247 g/mol. The fourth-order valence-electron chi connectivity index (χ4n) is 2.37. The van der Waals surface area contributed by atoms with Crippen LogP contribution in [0.3, 0.4) is 0 Å². The predicted octanol–water partition coefficient (Wildman–Crippen LogP) is 3.65. The van der Waals surface area contributed by atoms with Gasteiger partial charge in [0.15, 0.2) is 0 Å². The number of nitrogens with one attached hydrogen (secondary N) is 1. The predicted molar refractivity (Wildman–Crippen MR) is 77.2 cm³/mol. The first-order valence-electron chi connectivity index (χ1n) is 6.98. The lowest BCUT2D eigenvalue weighted by atomic mass is 9.92. The van der Waals surface area contributed by atoms with Crippen molar-refractivity contribution in [2.24, 2.45) is 0 Å². The van der Waals surface area contributed by atoms with Crippen molar-refractivity contribution in [2.75, 3.05) is 7.05 Å². The summed E-state index contributed by atoms with van der Waals surface area (Å²) < 4.78 is 0. The number of hydrogen-bond donors (Lipinski definition) is 1. The molecule has 1 rings (SSSR count). The molecular formula is C16H25NO. The molecule has 0 aromatic heterocycles. The summed E-state index contributed by atoms with van der Waals surface area (Å²) in [6.45, 7) is 6.52. The van der Waals surface area contributed by atoms with Gasteiger partial charge in [-0.3, -0.25) is 4.79 Å². The maximum atomic E-state index is 11.7. The first-order valence-corrected chi connectivity index (χ1v) is 6.98. The topological polar surface area (TPSA) is 29.1 Å². The number of rotatable bonds is 6. The second kappa shape index (κ2) is 7.20. The van der Waals surface area contributed by atoms with E-state index in [1.54, 1.807) is 7.05 Å². The molecule has 18 heavy (non-hydrogen) atoms. The van der Waals surface area contributed by atoms with Crippen molar-refractivity contribution in [1.82, 2.24) is 5.32 Å². The van der Waals surface area contributed by atoms with Gasteiger partial charge < -0.3 is 5.32 Å². The highest BCUT2D eigenvalue weighted by molar-refractivity contribution is 5.94. The molecule has 0 heterocycles. The van der Waals surface area contributed by atoms with E-state index < -0.39 is 0 Å². The molecule has 0 unspecified atom stereocenters. The van der Waals surface area contributed by atoms with Crippen molar-refractivity contribution in [3.63, 3.8) is 0 Å². The van der Waals surface area contributed by atoms with Gasteiger partial charge in [-0.15, -0.1) is 0 Å². The van der Waals surface area contributed by atoms with Gasteiger partial charge in [-0.05, 0) is 55.0 Å². The van der Waals surface area contributed by atoms with Gasteiger partial charge in [0.2, 0.25) is 0 Å². The Morgan fingerprint density at radius 2 is 1.89 bits per heavy atom. The zero-order chi connectivity index (χ0) is 13.5. The number of aryl methyl sites for hydroxylation is 2. The van der Waals surface area contributed by atoms with Crippen LogP contribution in [0.2, 0.25) is 0 Å². The number of carbonyl (C=O) groups is 1. The third kappa shape index (κ3) is 3.59. The number of hydrogen-bond acceptors (Lipinski definition) is 1. The molecule has 0 spiro atoms. The third-order valence-electron chi connectivity index (χ3n) is 3.35. The smallest absolute Gasteiger partial charge is 0.251 e. The summed E-state index contributed by atoms with van der Waals surface area (Å²) in [4.78, 5) is 11.7. The zero-order valence-electron chi connectivity index (χ0n) is 12.1. The molecule has 0 aliphatic heterocycles. The third-order valence-corrected chi connectivity index (χ3v) is 3.35. The Morgan fingerprint density at radius 1 is 1.17 bits per heavy atom. The van der Waals surface area contributed by atoms with Crippen molar-refractivity contribution in [3.8, 4) is 0 Å². The van der Waals surface area contributed by atoms with Crippen LogP contribution < -0.4 is 5.32 Å². The summed E-state index contributed by atoms with van der Waals surface area (Å²) in [5.74, 6) is 0.0116. The number of benzene rings is 1. The van der Waals surface area contributed by atoms with Gasteiger partial charge in [0, 0.05) is 12.6 Å². The van der Waals surface area contributed by atoms with E-state index in [-0.39, 0.29) is 5.91 Å². The molecule has 0 saturated heterocycles. The Morgan fingerprint density at radius 3 is 2.44 bits per heavy atom. The first kappa shape index (κ1) is 14.7. The Labute approximate surface area is 111 Å². The van der Waals surface area contributed by atoms with Gasteiger partial charge in [0.25, 0.3) is 5.91 Å². The summed E-state index contributed by atoms with van der Waals surface area (Å²) >= 11 is 0. The zero-order valence-corrected chi connectivity index (χ0v) is 12.1. The summed E-state index contributed by atoms with van der Waals surface area (Å²) in [5, 5.41) is 2.70. The molecule has 0 aliphatic rings. The van der Waals surface area contributed by atoms with Crippen LogP contribution in [-0.2, 0) is 12.8 Å². The highest BCUT2D eigenvalue weighted by Crippen LogP contribution is 2.21. The molecule has 0 fully saturated rings. The Balaban J connectivity index is 3.13. The van der Waals surface area contributed by atoms with Crippen LogP contribution in [0.5, 0.6) is 0 Å². The van der Waals surface area contributed by atoms with E-state index in [1.165, 1.54) is 29.5 Å². The SMILES string of the molecule is CCCCc1c(C)cc(C(=O)NC)cc1CCC. The van der Waals surface area contributed by atoms with Crippen molar-refractivity contribution in [3.05, 3.63) is 34.4 Å². The van der Waals surface area contributed by atoms with Gasteiger partial charge in [0.1, 0.15) is 0 Å². The molecule has 1 N–H and O–H groups in total. The van der Waals surface area contributed by atoms with Gasteiger partial charge in [-0.25, -0.2) is 0 Å². The maximum Gasteiger partial charge on any atom is 0.251 e. The molecule has 0 saturated carbocycles. The molecule has 0 bridgehead atoms. The van der Waals surface area contributed by atoms with Crippen LogP contribution >= 0.6 is 0 Å². The molecule has 1 aromatic carbocycles. The van der Waals surface area contributed by atoms with E-state index in [2.05, 4.69) is 32.2 Å². The van der Waals surface area contributed by atoms with E-state index >= 15 is 0 Å². The first-order chi connectivity index (χ1) is 8.63. The van der Waals surface area contributed by atoms with E-state index in [1.807, 2.05) is 6.07 Å². The summed E-state index contributed by atoms with van der Waals surface area (Å²) in [6, 6.07) is 4.09. The normalized spacial score (nSPS) is 10.4. The molecule has 0 aliphatic carbocycles. The van der Waals surface area contributed by atoms with Gasteiger partial charge >= 0.3 is 0 Å². The molecule has 0 radical (unpaired) electrons. The van der Waals surface area contributed by atoms with Crippen LogP contribution in [0, 0.1) is 6.92 Å². The second-order valence-corrected chi connectivity index (χ2v) is 4.86. The second-order valence-electron chi connectivity index (χ2n) is 4.86. The molecule has 2 nitrogen and oxygen atoms in total. The average molecular weight is 247 g/mol. The minimum absolute atomic E-state index is 0.0116. The quantitative estimate of drug-likeness (QED) is 0.817. The number of amides is 1. The highest BCUT2D eigenvalue weighted by atomic mass is 16.1. The largest absolute Gasteiger partial charge is 0.355 e. The van der Waals surface area contributed by atoms with Crippen molar-refractivity contribution < 1.29 is 4.79 Å². The van der Waals surface area contributed by atoms with Gasteiger partial charge in [-0.2, -0.15) is 0 Å². The highest BCUT2D eigenvalue weighted by Gasteiger charge is 2.11. The van der Waals surface area contributed by atoms with Crippen molar-refractivity contribution in [1.29, 1.82) is 0 Å². The Bertz CT molecular complexity index is 410. The van der Waals surface area contributed by atoms with Crippen LogP contribution in [0.15, 0.2) is 12.1 Å². The molecule has 2 heteroatoms. The van der Waals surface area contributed by atoms with E-state index in [4.69, 9.17) is 0 Å². The molecule has 100 valence electrons. The van der Waals surface area contributed by atoms with E-state index in [0.717, 1.165) is 24.8 Å². The molecule has 1 aromatic rings. The van der Waals surface area contributed by atoms with Crippen LogP contribution in [0.1, 0.15) is 60.2 Å². The molecule has 0 atom stereocenters. The number of carbonyl (C=O) groups excluding carboxylic acids is 1. The molecular weight excluding hydrogens is 222 g/mol. The summed E-state index contributed by atoms with van der Waals surface area (Å²) in [5.41, 5.74) is 4.85. The van der Waals surface area contributed by atoms with Crippen molar-refractivity contribution >= 4 is 5.91 Å². The van der Waals surface area contributed by atoms with Gasteiger partial charge in [-0.1, -0.05) is 26.7 Å². The fourth-order valence-corrected chi connectivity index (χ4v) is 2.37. The Kier molecular flexibility index (Phi) is 5.90. The van der Waals surface area contributed by atoms with Crippen molar-refractivity contribution in [2.45, 2.75) is 52.9 Å². The molecule has 1 amide bonds.